The summed E-state index contributed by atoms with van der Waals surface area (Å²) in [5, 5.41) is 12.9. The minimum Gasteiger partial charge on any atom is -0.382 e. The summed E-state index contributed by atoms with van der Waals surface area (Å²) >= 11 is 0. The number of aliphatic hydroxyl groups excluding tert-OH is 1. The molecular weight excluding hydrogens is 399 g/mol. The first-order valence-corrected chi connectivity index (χ1v) is 9.54. The van der Waals surface area contributed by atoms with E-state index in [1.165, 1.54) is 28.8 Å². The molecule has 4 rings (SSSR count). The zero-order chi connectivity index (χ0) is 24.8. The van der Waals surface area contributed by atoms with E-state index in [-0.39, 0.29) is 29.5 Å². The molecule has 1 amide bonds. The Morgan fingerprint density at radius 2 is 2.26 bits per heavy atom. The van der Waals surface area contributed by atoms with Gasteiger partial charge < -0.3 is 16.2 Å². The van der Waals surface area contributed by atoms with Crippen molar-refractivity contribution >= 4 is 23.1 Å². The number of amidine groups is 1. The van der Waals surface area contributed by atoms with Gasteiger partial charge in [0.1, 0.15) is 28.8 Å². The Morgan fingerprint density at radius 1 is 1.45 bits per heavy atom. The molecule has 4 N–H and O–H groups in total. The van der Waals surface area contributed by atoms with Gasteiger partial charge in [-0.25, -0.2) is 19.4 Å². The van der Waals surface area contributed by atoms with Crippen LogP contribution in [0, 0.1) is 19.6 Å². The number of benzene rings is 1. The maximum atomic E-state index is 13.5. The van der Waals surface area contributed by atoms with E-state index in [0.717, 1.165) is 6.07 Å². The van der Waals surface area contributed by atoms with Crippen molar-refractivity contribution in [1.82, 2.24) is 19.7 Å². The lowest BCUT2D eigenvalue weighted by molar-refractivity contribution is -0.128. The number of aliphatic hydroxyl groups is 1. The number of fused-ring (bicyclic) bond motifs is 1. The predicted molar refractivity (Wildman–Crippen MR) is 115 cm³/mol. The van der Waals surface area contributed by atoms with Gasteiger partial charge in [-0.2, -0.15) is 0 Å². The van der Waals surface area contributed by atoms with E-state index in [9.17, 15) is 14.3 Å². The molecule has 8 nitrogen and oxygen atoms in total. The Kier molecular flexibility index (Phi) is 4.19. The number of amides is 1. The van der Waals surface area contributed by atoms with Gasteiger partial charge in [-0.1, -0.05) is 18.2 Å². The number of rotatable bonds is 3. The number of imidazole rings is 1. The number of nitrogens with one attached hydrogen (secondary N) is 1. The van der Waals surface area contributed by atoms with E-state index in [0.29, 0.717) is 16.9 Å². The molecule has 160 valence electrons. The number of nitrogens with two attached hydrogens (primary N) is 1. The number of hydrogen-bond donors (Lipinski definition) is 3. The zero-order valence-corrected chi connectivity index (χ0v) is 16.9. The lowest BCUT2D eigenvalue weighted by Crippen LogP contribution is -2.39. The van der Waals surface area contributed by atoms with Crippen molar-refractivity contribution in [3.05, 3.63) is 71.3 Å². The number of halogens is 1. The second-order valence-corrected chi connectivity index (χ2v) is 7.70. The number of carbonyl (C=O) groups excluding carboxylic acids is 1. The summed E-state index contributed by atoms with van der Waals surface area (Å²) < 4.78 is 38.6. The molecule has 0 spiro atoms. The Bertz CT molecular complexity index is 1350. The van der Waals surface area contributed by atoms with Gasteiger partial charge >= 0.3 is 0 Å². The highest BCUT2D eigenvalue weighted by molar-refractivity contribution is 6.01. The number of carbonyl (C=O) groups is 1. The SMILES string of the molecule is [2H]C([2H])([2H])c1nc(C2(C)C=CN=C(NC(=O)[C@@H](O)c3cccc(F)c3)C2)c2c(N)nc(C)cn12. The number of anilines is 1. The molecule has 9 heteroatoms. The van der Waals surface area contributed by atoms with Crippen LogP contribution in [0.4, 0.5) is 10.2 Å². The van der Waals surface area contributed by atoms with Crippen molar-refractivity contribution in [1.29, 1.82) is 0 Å². The van der Waals surface area contributed by atoms with Crippen LogP contribution in [0.1, 0.15) is 46.3 Å². The van der Waals surface area contributed by atoms with Crippen molar-refractivity contribution in [3.63, 3.8) is 0 Å². The quantitative estimate of drug-likeness (QED) is 0.596. The van der Waals surface area contributed by atoms with Gasteiger partial charge in [0.25, 0.3) is 5.91 Å². The van der Waals surface area contributed by atoms with Crippen molar-refractivity contribution in [2.75, 3.05) is 5.73 Å². The highest BCUT2D eigenvalue weighted by Gasteiger charge is 2.34. The second kappa shape index (κ2) is 7.59. The van der Waals surface area contributed by atoms with Gasteiger partial charge in [-0.15, -0.1) is 0 Å². The van der Waals surface area contributed by atoms with Crippen LogP contribution in [0.5, 0.6) is 0 Å². The van der Waals surface area contributed by atoms with E-state index in [1.54, 1.807) is 26.1 Å². The lowest BCUT2D eigenvalue weighted by Gasteiger charge is -2.28. The van der Waals surface area contributed by atoms with Crippen molar-refractivity contribution in [2.24, 2.45) is 4.99 Å². The van der Waals surface area contributed by atoms with Gasteiger partial charge in [0, 0.05) is 28.3 Å². The largest absolute Gasteiger partial charge is 0.382 e. The average molecular weight is 425 g/mol. The molecule has 0 fully saturated rings. The van der Waals surface area contributed by atoms with E-state index >= 15 is 0 Å². The Balaban J connectivity index is 1.67. The summed E-state index contributed by atoms with van der Waals surface area (Å²) in [5.74, 6) is -1.16. The van der Waals surface area contributed by atoms with Gasteiger partial charge in [-0.3, -0.25) is 9.20 Å². The minimum absolute atomic E-state index is 0.101. The first-order valence-electron chi connectivity index (χ1n) is 11.0. The third kappa shape index (κ3) is 3.79. The second-order valence-electron chi connectivity index (χ2n) is 7.70. The van der Waals surface area contributed by atoms with Crippen LogP contribution < -0.4 is 11.1 Å². The normalized spacial score (nSPS) is 21.2. The summed E-state index contributed by atoms with van der Waals surface area (Å²) in [6, 6.07) is 5.11. The highest BCUT2D eigenvalue weighted by Crippen LogP contribution is 2.36. The molecule has 1 aliphatic rings. The molecule has 0 saturated heterocycles. The number of hydrogen-bond acceptors (Lipinski definition) is 6. The molecule has 0 bridgehead atoms. The Morgan fingerprint density at radius 3 is 3.00 bits per heavy atom. The van der Waals surface area contributed by atoms with E-state index < -0.39 is 30.1 Å². The minimum atomic E-state index is -2.50. The van der Waals surface area contributed by atoms with Crippen molar-refractivity contribution in [2.45, 2.75) is 38.6 Å². The van der Waals surface area contributed by atoms with E-state index in [2.05, 4.69) is 20.3 Å². The fourth-order valence-corrected chi connectivity index (χ4v) is 3.68. The van der Waals surface area contributed by atoms with Crippen LogP contribution in [0.25, 0.3) is 5.52 Å². The van der Waals surface area contributed by atoms with Gasteiger partial charge in [0.05, 0.1) is 11.4 Å². The van der Waals surface area contributed by atoms with Crippen molar-refractivity contribution in [3.8, 4) is 0 Å². The number of aromatic nitrogens is 3. The lowest BCUT2D eigenvalue weighted by atomic mass is 9.81. The molecule has 3 heterocycles. The maximum absolute atomic E-state index is 13.5. The molecule has 0 radical (unpaired) electrons. The fraction of sp³-hybridized carbons (Fsp3) is 0.273. The molecule has 2 aromatic heterocycles. The zero-order valence-electron chi connectivity index (χ0n) is 19.9. The number of nitrogens with zero attached hydrogens (tertiary/aromatic N) is 4. The summed E-state index contributed by atoms with van der Waals surface area (Å²) in [6.45, 7) is 1.000. The Hall–Kier alpha value is -3.59. The first-order chi connectivity index (χ1) is 15.9. The summed E-state index contributed by atoms with van der Waals surface area (Å²) in [6.07, 6.45) is 3.29. The highest BCUT2D eigenvalue weighted by atomic mass is 19.1. The van der Waals surface area contributed by atoms with Crippen LogP contribution in [-0.2, 0) is 10.2 Å². The summed E-state index contributed by atoms with van der Waals surface area (Å²) in [7, 11) is 0. The van der Waals surface area contributed by atoms with Crippen LogP contribution in [0.15, 0.2) is 47.7 Å². The van der Waals surface area contributed by atoms with Gasteiger partial charge in [0.15, 0.2) is 6.10 Å². The molecule has 3 aromatic rings. The molecule has 1 unspecified atom stereocenters. The molecular formula is C22H23FN6O2. The third-order valence-corrected chi connectivity index (χ3v) is 5.20. The van der Waals surface area contributed by atoms with Crippen LogP contribution in [-0.4, -0.2) is 31.2 Å². The predicted octanol–water partition coefficient (Wildman–Crippen LogP) is 2.49. The number of aryl methyl sites for hydroxylation is 2. The van der Waals surface area contributed by atoms with E-state index in [4.69, 9.17) is 9.85 Å². The molecule has 31 heavy (non-hydrogen) atoms. The molecule has 1 aromatic carbocycles. The monoisotopic (exact) mass is 425 g/mol. The fourth-order valence-electron chi connectivity index (χ4n) is 3.68. The summed E-state index contributed by atoms with van der Waals surface area (Å²) in [4.78, 5) is 25.5. The maximum Gasteiger partial charge on any atom is 0.258 e. The molecule has 1 aliphatic heterocycles. The molecule has 2 atom stereocenters. The molecule has 0 saturated carbocycles. The average Bonchev–Trinajstić information content (AvgIpc) is 3.14. The number of nitrogen functional groups attached to an aromatic ring is 1. The van der Waals surface area contributed by atoms with Crippen molar-refractivity contribution < 1.29 is 18.4 Å². The standard InChI is InChI=1S/C22H23FN6O2/c1-12-11-29-13(2)27-19(17(29)20(24)26-12)22(3)7-8-25-16(10-22)28-21(31)18(30)14-5-4-6-15(23)9-14/h4-9,11,18,30H,10H2,1-3H3,(H2,24,26)(H,25,28,31)/t18-,22?/m0/s1/i2D3. The van der Waals surface area contributed by atoms with Gasteiger partial charge in [-0.05, 0) is 38.4 Å². The summed E-state index contributed by atoms with van der Waals surface area (Å²) in [5.41, 5.74) is 6.63. The Labute approximate surface area is 182 Å². The van der Waals surface area contributed by atoms with Crippen LogP contribution >= 0.6 is 0 Å². The smallest absolute Gasteiger partial charge is 0.258 e. The first kappa shape index (κ1) is 17.1. The van der Waals surface area contributed by atoms with Crippen LogP contribution in [0.3, 0.4) is 0 Å². The molecule has 0 aliphatic carbocycles. The topological polar surface area (TPSA) is 118 Å². The van der Waals surface area contributed by atoms with Gasteiger partial charge in [0.2, 0.25) is 0 Å². The third-order valence-electron chi connectivity index (χ3n) is 5.20. The van der Waals surface area contributed by atoms with E-state index in [1.807, 2.05) is 0 Å². The number of aliphatic imine (C=N–C) groups is 1. The number of allylic oxidation sites excluding steroid dienone is 1. The van der Waals surface area contributed by atoms with Crippen LogP contribution in [0.2, 0.25) is 0 Å².